The average molecular weight is 419 g/mol. The second kappa shape index (κ2) is 8.33. The van der Waals surface area contributed by atoms with E-state index in [0.29, 0.717) is 13.2 Å². The Balaban J connectivity index is 2.86. The average Bonchev–Trinajstić information content (AvgIpc) is 2.40. The van der Waals surface area contributed by atoms with Crippen molar-refractivity contribution in [1.29, 1.82) is 0 Å². The molecule has 0 fully saturated rings. The van der Waals surface area contributed by atoms with E-state index in [-0.39, 0.29) is 20.0 Å². The molecule has 1 amide bonds. The zero-order valence-electron chi connectivity index (χ0n) is 11.2. The fourth-order valence-electron chi connectivity index (χ4n) is 1.54. The molecule has 1 aromatic rings. The Labute approximate surface area is 141 Å². The highest BCUT2D eigenvalue weighted by atomic mass is 79.9. The SMILES string of the molecule is COCCCCNC(=O)c1cc(S(=O)(=O)Cl)cc(Br)c1Cl. The number of ether oxygens (including phenoxy) is 1. The number of halogens is 3. The number of hydrogen-bond acceptors (Lipinski definition) is 4. The van der Waals surface area contributed by atoms with Gasteiger partial charge in [0.25, 0.3) is 15.0 Å². The number of unbranched alkanes of at least 4 members (excludes halogenated alkanes) is 1. The topological polar surface area (TPSA) is 72.5 Å². The van der Waals surface area contributed by atoms with Crippen LogP contribution in [0.15, 0.2) is 21.5 Å². The number of methoxy groups -OCH3 is 1. The van der Waals surface area contributed by atoms with E-state index in [1.807, 2.05) is 0 Å². The number of rotatable bonds is 7. The van der Waals surface area contributed by atoms with Crippen molar-refractivity contribution in [3.05, 3.63) is 27.2 Å². The van der Waals surface area contributed by atoms with E-state index in [1.165, 1.54) is 6.07 Å². The van der Waals surface area contributed by atoms with Crippen molar-refractivity contribution in [2.75, 3.05) is 20.3 Å². The predicted molar refractivity (Wildman–Crippen MR) is 85.6 cm³/mol. The number of amides is 1. The summed E-state index contributed by atoms with van der Waals surface area (Å²) in [6.45, 7) is 1.05. The molecule has 0 bridgehead atoms. The van der Waals surface area contributed by atoms with Gasteiger partial charge in [-0.1, -0.05) is 11.6 Å². The number of carbonyl (C=O) groups is 1. The zero-order chi connectivity index (χ0) is 16.0. The summed E-state index contributed by atoms with van der Waals surface area (Å²) in [7, 11) is 2.95. The summed E-state index contributed by atoms with van der Waals surface area (Å²) < 4.78 is 27.9. The fraction of sp³-hybridized carbons (Fsp3) is 0.417. The molecule has 0 saturated heterocycles. The molecule has 118 valence electrons. The van der Waals surface area contributed by atoms with Gasteiger partial charge in [0.15, 0.2) is 0 Å². The molecule has 0 radical (unpaired) electrons. The van der Waals surface area contributed by atoms with Gasteiger partial charge >= 0.3 is 0 Å². The molecule has 9 heteroatoms. The van der Waals surface area contributed by atoms with Gasteiger partial charge in [0.1, 0.15) is 0 Å². The number of nitrogens with one attached hydrogen (secondary N) is 1. The lowest BCUT2D eigenvalue weighted by atomic mass is 10.2. The van der Waals surface area contributed by atoms with Gasteiger partial charge in [0.2, 0.25) is 0 Å². The third kappa shape index (κ3) is 5.75. The summed E-state index contributed by atoms with van der Waals surface area (Å²) in [5.74, 6) is -0.458. The Bertz CT molecular complexity index is 622. The van der Waals surface area contributed by atoms with Crippen LogP contribution < -0.4 is 5.32 Å². The maximum Gasteiger partial charge on any atom is 0.261 e. The predicted octanol–water partition coefficient (Wildman–Crippen LogP) is 3.19. The molecular formula is C12H14BrCl2NO4S. The van der Waals surface area contributed by atoms with E-state index in [1.54, 1.807) is 7.11 Å². The Morgan fingerprint density at radius 1 is 1.38 bits per heavy atom. The summed E-state index contributed by atoms with van der Waals surface area (Å²) >= 11 is 9.12. The molecule has 5 nitrogen and oxygen atoms in total. The summed E-state index contributed by atoms with van der Waals surface area (Å²) in [6, 6.07) is 2.40. The van der Waals surface area contributed by atoms with E-state index in [4.69, 9.17) is 27.0 Å². The summed E-state index contributed by atoms with van der Waals surface area (Å²) in [4.78, 5) is 11.9. The molecule has 0 aliphatic carbocycles. The van der Waals surface area contributed by atoms with Gasteiger partial charge < -0.3 is 10.1 Å². The first-order valence-corrected chi connectivity index (χ1v) is 9.46. The van der Waals surface area contributed by atoms with Crippen LogP contribution in [-0.2, 0) is 13.8 Å². The lowest BCUT2D eigenvalue weighted by molar-refractivity contribution is 0.0951. The van der Waals surface area contributed by atoms with Crippen LogP contribution in [0, 0.1) is 0 Å². The molecule has 0 aliphatic rings. The molecular weight excluding hydrogens is 405 g/mol. The van der Waals surface area contributed by atoms with E-state index in [9.17, 15) is 13.2 Å². The molecule has 1 N–H and O–H groups in total. The fourth-order valence-corrected chi connectivity index (χ4v) is 3.13. The van der Waals surface area contributed by atoms with Gasteiger partial charge in [-0.2, -0.15) is 0 Å². The standard InChI is InChI=1S/C12H14BrCl2NO4S/c1-20-5-3-2-4-16-12(17)9-6-8(21(15,18)19)7-10(13)11(9)14/h6-7H,2-5H2,1H3,(H,16,17). The van der Waals surface area contributed by atoms with Gasteiger partial charge in [-0.3, -0.25) is 4.79 Å². The van der Waals surface area contributed by atoms with Crippen LogP contribution in [-0.4, -0.2) is 34.6 Å². The van der Waals surface area contributed by atoms with Crippen LogP contribution in [0.25, 0.3) is 0 Å². The molecule has 0 atom stereocenters. The summed E-state index contributed by atoms with van der Waals surface area (Å²) in [5, 5.41) is 2.80. The third-order valence-electron chi connectivity index (χ3n) is 2.59. The molecule has 1 rings (SSSR count). The van der Waals surface area contributed by atoms with E-state index >= 15 is 0 Å². The van der Waals surface area contributed by atoms with Crippen LogP contribution in [0.2, 0.25) is 5.02 Å². The lowest BCUT2D eigenvalue weighted by Crippen LogP contribution is -2.25. The van der Waals surface area contributed by atoms with Crippen molar-refractivity contribution in [2.45, 2.75) is 17.7 Å². The molecule has 0 aromatic heterocycles. The van der Waals surface area contributed by atoms with Crippen molar-refractivity contribution < 1.29 is 17.9 Å². The van der Waals surface area contributed by atoms with E-state index in [2.05, 4.69) is 21.2 Å². The van der Waals surface area contributed by atoms with Crippen LogP contribution >= 0.6 is 38.2 Å². The Kier molecular flexibility index (Phi) is 7.42. The first kappa shape index (κ1) is 18.7. The summed E-state index contributed by atoms with van der Waals surface area (Å²) in [6.07, 6.45) is 1.55. The van der Waals surface area contributed by atoms with Crippen molar-refractivity contribution in [3.8, 4) is 0 Å². The molecule has 0 spiro atoms. The van der Waals surface area contributed by atoms with Gasteiger partial charge in [-0.25, -0.2) is 8.42 Å². The van der Waals surface area contributed by atoms with Crippen LogP contribution in [0.4, 0.5) is 0 Å². The molecule has 0 aliphatic heterocycles. The second-order valence-electron chi connectivity index (χ2n) is 4.16. The minimum absolute atomic E-state index is 0.0528. The number of hydrogen-bond donors (Lipinski definition) is 1. The van der Waals surface area contributed by atoms with Crippen molar-refractivity contribution >= 4 is 53.2 Å². The maximum absolute atomic E-state index is 12.0. The Hall–Kier alpha value is -0.340. The van der Waals surface area contributed by atoms with Crippen molar-refractivity contribution in [1.82, 2.24) is 5.32 Å². The molecule has 0 heterocycles. The molecule has 1 aromatic carbocycles. The normalized spacial score (nSPS) is 11.4. The zero-order valence-corrected chi connectivity index (χ0v) is 15.1. The smallest absolute Gasteiger partial charge is 0.261 e. The van der Waals surface area contributed by atoms with Gasteiger partial charge in [0.05, 0.1) is 15.5 Å². The Morgan fingerprint density at radius 3 is 2.62 bits per heavy atom. The van der Waals surface area contributed by atoms with Gasteiger partial charge in [-0.15, -0.1) is 0 Å². The monoisotopic (exact) mass is 417 g/mol. The van der Waals surface area contributed by atoms with E-state index in [0.717, 1.165) is 18.9 Å². The minimum atomic E-state index is -3.94. The maximum atomic E-state index is 12.0. The number of carbonyl (C=O) groups excluding carboxylic acids is 1. The second-order valence-corrected chi connectivity index (χ2v) is 7.96. The number of benzene rings is 1. The van der Waals surface area contributed by atoms with Gasteiger partial charge in [-0.05, 0) is 40.9 Å². The quantitative estimate of drug-likeness (QED) is 0.545. The highest BCUT2D eigenvalue weighted by molar-refractivity contribution is 9.10. The van der Waals surface area contributed by atoms with Crippen molar-refractivity contribution in [3.63, 3.8) is 0 Å². The third-order valence-corrected chi connectivity index (χ3v) is 5.18. The van der Waals surface area contributed by atoms with Crippen LogP contribution in [0.3, 0.4) is 0 Å². The lowest BCUT2D eigenvalue weighted by Gasteiger charge is -2.09. The first-order valence-electron chi connectivity index (χ1n) is 5.98. The molecule has 0 saturated carbocycles. The Morgan fingerprint density at radius 2 is 2.05 bits per heavy atom. The highest BCUT2D eigenvalue weighted by Gasteiger charge is 2.19. The largest absolute Gasteiger partial charge is 0.385 e. The van der Waals surface area contributed by atoms with Gasteiger partial charge in [0, 0.05) is 35.4 Å². The first-order chi connectivity index (χ1) is 9.77. The minimum Gasteiger partial charge on any atom is -0.385 e. The van der Waals surface area contributed by atoms with Crippen molar-refractivity contribution in [2.24, 2.45) is 0 Å². The molecule has 21 heavy (non-hydrogen) atoms. The highest BCUT2D eigenvalue weighted by Crippen LogP contribution is 2.31. The van der Waals surface area contributed by atoms with Crippen LogP contribution in [0.5, 0.6) is 0 Å². The molecule has 0 unspecified atom stereocenters. The van der Waals surface area contributed by atoms with E-state index < -0.39 is 15.0 Å². The van der Waals surface area contributed by atoms with Crippen LogP contribution in [0.1, 0.15) is 23.2 Å². The summed E-state index contributed by atoms with van der Waals surface area (Å²) in [5.41, 5.74) is 0.0528.